The molecule has 1 atom stereocenters. The van der Waals surface area contributed by atoms with Crippen molar-refractivity contribution in [2.24, 2.45) is 0 Å². The van der Waals surface area contributed by atoms with Gasteiger partial charge in [-0.15, -0.1) is 0 Å². The van der Waals surface area contributed by atoms with E-state index in [1.54, 1.807) is 7.11 Å². The Bertz CT molecular complexity index is 977. The molecule has 146 valence electrons. The summed E-state index contributed by atoms with van der Waals surface area (Å²) in [6.07, 6.45) is 1.99. The highest BCUT2D eigenvalue weighted by Gasteiger charge is 2.22. The van der Waals surface area contributed by atoms with Crippen molar-refractivity contribution in [1.82, 2.24) is 9.97 Å². The number of para-hydroxylation sites is 1. The van der Waals surface area contributed by atoms with Gasteiger partial charge >= 0.3 is 0 Å². The Morgan fingerprint density at radius 2 is 1.79 bits per heavy atom. The van der Waals surface area contributed by atoms with Gasteiger partial charge in [0.25, 0.3) is 0 Å². The Hall–Kier alpha value is -2.69. The summed E-state index contributed by atoms with van der Waals surface area (Å²) < 4.78 is 23.8. The standard InChI is InChI=1S/C21H24N3O3P/c1-4-27-28(25,5-2)17-12-10-16(11-13-17)24-21-14-19(22-15-23-21)18-8-6-7-9-20(18)26-3/h6-15H,4-5H2,1-3H3,(H,22,23,24). The summed E-state index contributed by atoms with van der Waals surface area (Å²) in [5.41, 5.74) is 2.50. The quantitative estimate of drug-likeness (QED) is 0.548. The number of hydrogen-bond donors (Lipinski definition) is 1. The number of methoxy groups -OCH3 is 1. The van der Waals surface area contributed by atoms with Crippen LogP contribution in [0.1, 0.15) is 13.8 Å². The number of aromatic nitrogens is 2. The van der Waals surface area contributed by atoms with Gasteiger partial charge in [0.1, 0.15) is 17.9 Å². The van der Waals surface area contributed by atoms with Crippen LogP contribution in [0.4, 0.5) is 11.5 Å². The molecule has 1 aromatic heterocycles. The van der Waals surface area contributed by atoms with E-state index in [0.717, 1.165) is 28.0 Å². The molecule has 3 rings (SSSR count). The summed E-state index contributed by atoms with van der Waals surface area (Å²) in [6, 6.07) is 17.0. The Balaban J connectivity index is 1.82. The number of rotatable bonds is 8. The number of anilines is 2. The summed E-state index contributed by atoms with van der Waals surface area (Å²) in [6.45, 7) is 4.16. The van der Waals surface area contributed by atoms with Crippen molar-refractivity contribution in [3.8, 4) is 17.0 Å². The maximum absolute atomic E-state index is 12.8. The van der Waals surface area contributed by atoms with Gasteiger partial charge in [0, 0.05) is 28.8 Å². The SMILES string of the molecule is CCOP(=O)(CC)c1ccc(Nc2cc(-c3ccccc3OC)ncn2)cc1. The van der Waals surface area contributed by atoms with E-state index < -0.39 is 7.37 Å². The van der Waals surface area contributed by atoms with Crippen molar-refractivity contribution in [3.63, 3.8) is 0 Å². The maximum Gasteiger partial charge on any atom is 0.231 e. The molecule has 0 aliphatic carbocycles. The highest BCUT2D eigenvalue weighted by atomic mass is 31.2. The molecule has 0 saturated heterocycles. The molecule has 0 fully saturated rings. The second kappa shape index (κ2) is 9.00. The second-order valence-electron chi connectivity index (χ2n) is 6.07. The lowest BCUT2D eigenvalue weighted by molar-refractivity contribution is 0.341. The molecule has 0 radical (unpaired) electrons. The van der Waals surface area contributed by atoms with Crippen LogP contribution in [0.5, 0.6) is 5.75 Å². The Morgan fingerprint density at radius 3 is 2.46 bits per heavy atom. The molecule has 28 heavy (non-hydrogen) atoms. The minimum absolute atomic E-state index is 0.428. The number of nitrogens with one attached hydrogen (secondary N) is 1. The summed E-state index contributed by atoms with van der Waals surface area (Å²) in [7, 11) is -1.14. The molecule has 0 amide bonds. The third-order valence-corrected chi connectivity index (χ3v) is 6.93. The number of benzene rings is 2. The van der Waals surface area contributed by atoms with Crippen LogP contribution < -0.4 is 15.4 Å². The van der Waals surface area contributed by atoms with Crippen LogP contribution in [0.3, 0.4) is 0 Å². The first-order valence-corrected chi connectivity index (χ1v) is 11.0. The van der Waals surface area contributed by atoms with E-state index in [2.05, 4.69) is 15.3 Å². The van der Waals surface area contributed by atoms with Crippen molar-refractivity contribution < 1.29 is 13.8 Å². The zero-order valence-electron chi connectivity index (χ0n) is 16.3. The van der Waals surface area contributed by atoms with E-state index >= 15 is 0 Å². The predicted octanol–water partition coefficient (Wildman–Crippen LogP) is 4.86. The fourth-order valence-electron chi connectivity index (χ4n) is 2.91. The first kappa shape index (κ1) is 20.1. The van der Waals surface area contributed by atoms with Crippen LogP contribution >= 0.6 is 7.37 Å². The molecule has 6 nitrogen and oxygen atoms in total. The predicted molar refractivity (Wildman–Crippen MR) is 113 cm³/mol. The van der Waals surface area contributed by atoms with Crippen LogP contribution in [0.25, 0.3) is 11.3 Å². The fraction of sp³-hybridized carbons (Fsp3) is 0.238. The van der Waals surface area contributed by atoms with Crippen LogP contribution in [-0.4, -0.2) is 29.8 Å². The third kappa shape index (κ3) is 4.41. The number of ether oxygens (including phenoxy) is 1. The van der Waals surface area contributed by atoms with Gasteiger partial charge < -0.3 is 14.6 Å². The van der Waals surface area contributed by atoms with Crippen LogP contribution in [0.2, 0.25) is 0 Å². The zero-order chi connectivity index (χ0) is 20.0. The van der Waals surface area contributed by atoms with E-state index in [-0.39, 0.29) is 0 Å². The van der Waals surface area contributed by atoms with Gasteiger partial charge in [-0.25, -0.2) is 9.97 Å². The van der Waals surface area contributed by atoms with E-state index in [1.165, 1.54) is 6.33 Å². The fourth-order valence-corrected chi connectivity index (χ4v) is 4.62. The van der Waals surface area contributed by atoms with E-state index in [9.17, 15) is 4.57 Å². The summed E-state index contributed by atoms with van der Waals surface area (Å²) in [4.78, 5) is 8.64. The molecule has 3 aromatic rings. The Kier molecular flexibility index (Phi) is 6.45. The Labute approximate surface area is 165 Å². The van der Waals surface area contributed by atoms with Crippen LogP contribution in [0.15, 0.2) is 60.9 Å². The number of hydrogen-bond acceptors (Lipinski definition) is 6. The molecule has 0 bridgehead atoms. The van der Waals surface area contributed by atoms with Crippen LogP contribution in [0, 0.1) is 0 Å². The maximum atomic E-state index is 12.8. The Morgan fingerprint density at radius 1 is 1.04 bits per heavy atom. The van der Waals surface area contributed by atoms with Gasteiger partial charge in [-0.3, -0.25) is 4.57 Å². The smallest absolute Gasteiger partial charge is 0.231 e. The van der Waals surface area contributed by atoms with Crippen molar-refractivity contribution >= 4 is 24.2 Å². The topological polar surface area (TPSA) is 73.3 Å². The van der Waals surface area contributed by atoms with Crippen molar-refractivity contribution in [1.29, 1.82) is 0 Å². The minimum Gasteiger partial charge on any atom is -0.496 e. The zero-order valence-corrected chi connectivity index (χ0v) is 17.1. The third-order valence-electron chi connectivity index (χ3n) is 4.34. The molecule has 0 aliphatic rings. The molecular weight excluding hydrogens is 373 g/mol. The lowest BCUT2D eigenvalue weighted by Gasteiger charge is -2.16. The van der Waals surface area contributed by atoms with E-state index in [0.29, 0.717) is 18.6 Å². The molecule has 1 unspecified atom stereocenters. The normalized spacial score (nSPS) is 13.0. The highest BCUT2D eigenvalue weighted by Crippen LogP contribution is 2.45. The lowest BCUT2D eigenvalue weighted by Crippen LogP contribution is -2.09. The number of nitrogens with zero attached hydrogens (tertiary/aromatic N) is 2. The largest absolute Gasteiger partial charge is 0.496 e. The highest BCUT2D eigenvalue weighted by molar-refractivity contribution is 7.66. The molecule has 0 saturated carbocycles. The summed E-state index contributed by atoms with van der Waals surface area (Å²) >= 11 is 0. The van der Waals surface area contributed by atoms with Crippen LogP contribution in [-0.2, 0) is 9.09 Å². The van der Waals surface area contributed by atoms with Gasteiger partial charge in [0.05, 0.1) is 19.4 Å². The molecule has 7 heteroatoms. The summed E-state index contributed by atoms with van der Waals surface area (Å²) in [5, 5.41) is 3.98. The van der Waals surface area contributed by atoms with Crippen molar-refractivity contribution in [3.05, 3.63) is 60.9 Å². The van der Waals surface area contributed by atoms with Crippen molar-refractivity contribution in [2.75, 3.05) is 25.2 Å². The average Bonchev–Trinajstić information content (AvgIpc) is 2.74. The molecule has 0 aliphatic heterocycles. The molecular formula is C21H24N3O3P. The molecule has 0 spiro atoms. The van der Waals surface area contributed by atoms with E-state index in [4.69, 9.17) is 9.26 Å². The molecule has 1 N–H and O–H groups in total. The first-order valence-electron chi connectivity index (χ1n) is 9.16. The van der Waals surface area contributed by atoms with Gasteiger partial charge in [-0.2, -0.15) is 0 Å². The van der Waals surface area contributed by atoms with Gasteiger partial charge in [-0.05, 0) is 43.3 Å². The van der Waals surface area contributed by atoms with E-state index in [1.807, 2.05) is 68.4 Å². The van der Waals surface area contributed by atoms with Gasteiger partial charge in [0.2, 0.25) is 7.37 Å². The van der Waals surface area contributed by atoms with Gasteiger partial charge in [0.15, 0.2) is 0 Å². The summed E-state index contributed by atoms with van der Waals surface area (Å²) in [5.74, 6) is 1.41. The molecule has 2 aromatic carbocycles. The monoisotopic (exact) mass is 397 g/mol. The molecule has 1 heterocycles. The average molecular weight is 397 g/mol. The minimum atomic E-state index is -2.78. The first-order chi connectivity index (χ1) is 13.6. The lowest BCUT2D eigenvalue weighted by atomic mass is 10.1. The van der Waals surface area contributed by atoms with Gasteiger partial charge in [-0.1, -0.05) is 19.1 Å². The van der Waals surface area contributed by atoms with Crippen molar-refractivity contribution in [2.45, 2.75) is 13.8 Å². The second-order valence-corrected chi connectivity index (χ2v) is 8.82.